The lowest BCUT2D eigenvalue weighted by atomic mass is 10.0. The first-order valence-electron chi connectivity index (χ1n) is 24.3. The second kappa shape index (κ2) is 26.0. The van der Waals surface area contributed by atoms with E-state index in [4.69, 9.17) is 33.2 Å². The summed E-state index contributed by atoms with van der Waals surface area (Å²) < 4.78 is 39.5. The van der Waals surface area contributed by atoms with Crippen LogP contribution in [0, 0.1) is 0 Å². The van der Waals surface area contributed by atoms with E-state index in [9.17, 15) is 38.4 Å². The maximum absolute atomic E-state index is 14.2. The topological polar surface area (TPSA) is 267 Å². The molecule has 5 amide bonds. The maximum Gasteiger partial charge on any atom is 0.419 e. The summed E-state index contributed by atoms with van der Waals surface area (Å²) in [6, 6.07) is -1.21. The third-order valence-electron chi connectivity index (χ3n) is 9.35. The molecule has 1 aliphatic heterocycles. The molecule has 1 aliphatic rings. The molecule has 1 aromatic heterocycles. The van der Waals surface area contributed by atoms with Gasteiger partial charge in [0.15, 0.2) is 11.8 Å². The molecule has 23 heteroatoms. The van der Waals surface area contributed by atoms with Crippen LogP contribution in [0.4, 0.5) is 41.4 Å². The molecule has 3 atom stereocenters. The number of carbonyl (C=O) groups is 7. The highest BCUT2D eigenvalue weighted by Crippen LogP contribution is 2.33. The number of aliphatic imine (C=N–C) groups is 1. The molecule has 1 aromatic rings. The molecule has 0 saturated heterocycles. The van der Waals surface area contributed by atoms with Gasteiger partial charge in [-0.15, -0.1) is 0 Å². The van der Waals surface area contributed by atoms with Crippen LogP contribution in [-0.4, -0.2) is 153 Å². The number of carbonyl (C=O) groups excluding carboxylic acids is 7. The van der Waals surface area contributed by atoms with E-state index in [0.29, 0.717) is 19.3 Å². The Morgan fingerprint density at radius 1 is 0.639 bits per heavy atom. The van der Waals surface area contributed by atoms with Crippen molar-refractivity contribution >= 4 is 66.2 Å². The highest BCUT2D eigenvalue weighted by atomic mass is 16.6. The number of imide groups is 2. The number of amides is 5. The minimum absolute atomic E-state index is 0.0484. The van der Waals surface area contributed by atoms with Gasteiger partial charge in [0.25, 0.3) is 0 Å². The van der Waals surface area contributed by atoms with Gasteiger partial charge in [-0.2, -0.15) is 4.98 Å². The van der Waals surface area contributed by atoms with Gasteiger partial charge in [0.2, 0.25) is 5.95 Å². The summed E-state index contributed by atoms with van der Waals surface area (Å²) in [7, 11) is 3.46. The molecule has 2 heterocycles. The number of fused-ring (bicyclic) bond motifs is 1. The molecule has 0 aliphatic carbocycles. The Labute approximate surface area is 424 Å². The van der Waals surface area contributed by atoms with Gasteiger partial charge in [0, 0.05) is 46.6 Å². The van der Waals surface area contributed by atoms with Crippen LogP contribution in [0.25, 0.3) is 0 Å². The van der Waals surface area contributed by atoms with Crippen molar-refractivity contribution in [1.29, 1.82) is 0 Å². The average molecular weight is 1020 g/mol. The fourth-order valence-electron chi connectivity index (χ4n) is 6.55. The van der Waals surface area contributed by atoms with Crippen molar-refractivity contribution in [2.24, 2.45) is 4.99 Å². The summed E-state index contributed by atoms with van der Waals surface area (Å²) in [6.45, 7) is 26.2. The highest BCUT2D eigenvalue weighted by molar-refractivity contribution is 5.94. The number of rotatable bonds is 18. The minimum atomic E-state index is -1.40. The van der Waals surface area contributed by atoms with Crippen molar-refractivity contribution in [3.05, 3.63) is 10.4 Å². The van der Waals surface area contributed by atoms with Gasteiger partial charge in [-0.05, 0) is 136 Å². The Bertz CT molecular complexity index is 2070. The predicted molar refractivity (Wildman–Crippen MR) is 268 cm³/mol. The number of nitrogens with zero attached hydrogens (tertiary/aromatic N) is 6. The van der Waals surface area contributed by atoms with Crippen molar-refractivity contribution in [3.63, 3.8) is 0 Å². The Kier molecular flexibility index (Phi) is 22.4. The zero-order chi connectivity index (χ0) is 55.2. The smallest absolute Gasteiger partial charge is 0.419 e. The lowest BCUT2D eigenvalue weighted by Crippen LogP contribution is -2.60. The SMILES string of the molecule is CC(OC(=O)CCCCCN(C(=O)OC(C)(C)C)C(=O)OC(C)(C)C)C(OC(=O)CCCCCN(C(=O)OC(C)(C)C)C(=O)OC(C)(C)C)C1CNc2[nH]c(N=CN(C)C)nc(=O)c2N1C(=O)OC(C)(C)C. The lowest BCUT2D eigenvalue weighted by Gasteiger charge is -2.41. The van der Waals surface area contributed by atoms with Gasteiger partial charge >= 0.3 is 48.0 Å². The summed E-state index contributed by atoms with van der Waals surface area (Å²) in [5.41, 5.74) is -5.69. The molecule has 23 nitrogen and oxygen atoms in total. The number of H-pyrrole nitrogens is 1. The molecule has 72 heavy (non-hydrogen) atoms. The molecule has 0 saturated carbocycles. The monoisotopic (exact) mass is 1020 g/mol. The van der Waals surface area contributed by atoms with Gasteiger partial charge in [0.1, 0.15) is 39.9 Å². The molecule has 2 rings (SSSR count). The molecule has 0 spiro atoms. The normalized spacial score (nSPS) is 15.0. The van der Waals surface area contributed by atoms with E-state index in [1.165, 1.54) is 13.3 Å². The van der Waals surface area contributed by atoms with Crippen molar-refractivity contribution in [2.45, 2.75) is 208 Å². The van der Waals surface area contributed by atoms with Gasteiger partial charge in [-0.3, -0.25) is 19.3 Å². The highest BCUT2D eigenvalue weighted by Gasteiger charge is 2.45. The number of ether oxygens (including phenoxy) is 7. The van der Waals surface area contributed by atoms with E-state index in [0.717, 1.165) is 14.7 Å². The standard InChI is InChI=1S/C49H82N8O15/c1-31(66-33(58)25-21-19-23-27-55(40(61)68-45(2,3)4)41(62)69-46(5,6)7)36(67-34(59)26-22-20-24-28-56(42(63)70-47(8,9)10)43(64)71-48(11,12)13)32-29-50-37-35(57(32)44(65)72-49(14,15)16)38(60)53-39(52-37)51-30-54(17)18/h30-32,36H,19-29H2,1-18H3,(H2,50,52,53,60). The number of nitrogens with one attached hydrogen (secondary N) is 2. The van der Waals surface area contributed by atoms with Crippen LogP contribution in [0.2, 0.25) is 0 Å². The lowest BCUT2D eigenvalue weighted by molar-refractivity contribution is -0.168. The number of anilines is 2. The van der Waals surface area contributed by atoms with E-state index in [-0.39, 0.29) is 69.2 Å². The predicted octanol–water partition coefficient (Wildman–Crippen LogP) is 8.84. The summed E-state index contributed by atoms with van der Waals surface area (Å²) >= 11 is 0. The molecular formula is C49H82N8O15. The van der Waals surface area contributed by atoms with Crippen molar-refractivity contribution in [2.75, 3.05) is 43.9 Å². The fraction of sp³-hybridized carbons (Fsp3) is 0.755. The number of aromatic amines is 1. The first kappa shape index (κ1) is 62.0. The molecular weight excluding hydrogens is 941 g/mol. The molecule has 0 fully saturated rings. The summed E-state index contributed by atoms with van der Waals surface area (Å²) in [5.74, 6) is -1.40. The number of hydrogen-bond acceptors (Lipinski definition) is 18. The van der Waals surface area contributed by atoms with E-state index in [1.807, 2.05) is 0 Å². The second-order valence-corrected chi connectivity index (χ2v) is 22.6. The van der Waals surface area contributed by atoms with Crippen LogP contribution < -0.4 is 15.8 Å². The Hall–Kier alpha value is -6.16. The number of esters is 2. The van der Waals surface area contributed by atoms with Gasteiger partial charge < -0.3 is 48.4 Å². The molecule has 3 unspecified atom stereocenters. The quantitative estimate of drug-likeness (QED) is 0.0457. The van der Waals surface area contributed by atoms with Crippen LogP contribution in [0.1, 0.15) is 162 Å². The zero-order valence-electron chi connectivity index (χ0n) is 45.9. The van der Waals surface area contributed by atoms with Gasteiger partial charge in [0.05, 0.1) is 12.4 Å². The fourth-order valence-corrected chi connectivity index (χ4v) is 6.55. The first-order chi connectivity index (χ1) is 32.9. The second-order valence-electron chi connectivity index (χ2n) is 22.6. The number of aromatic nitrogens is 2. The van der Waals surface area contributed by atoms with Crippen LogP contribution in [-0.2, 0) is 42.7 Å². The van der Waals surface area contributed by atoms with Crippen molar-refractivity contribution in [3.8, 4) is 0 Å². The third-order valence-corrected chi connectivity index (χ3v) is 9.35. The summed E-state index contributed by atoms with van der Waals surface area (Å²) in [6.07, 6.45) is -4.15. The maximum atomic E-state index is 14.2. The minimum Gasteiger partial charge on any atom is -0.459 e. The zero-order valence-corrected chi connectivity index (χ0v) is 45.9. The molecule has 0 aromatic carbocycles. The van der Waals surface area contributed by atoms with E-state index < -0.39 is 94.2 Å². The third kappa shape index (κ3) is 22.9. The molecule has 0 bridgehead atoms. The average Bonchev–Trinajstić information content (AvgIpc) is 3.17. The summed E-state index contributed by atoms with van der Waals surface area (Å²) in [4.78, 5) is 123. The van der Waals surface area contributed by atoms with Crippen molar-refractivity contribution < 1.29 is 66.7 Å². The van der Waals surface area contributed by atoms with Gasteiger partial charge in [-0.1, -0.05) is 12.8 Å². The number of unbranched alkanes of at least 4 members (excludes halogenated alkanes) is 4. The van der Waals surface area contributed by atoms with E-state index in [1.54, 1.807) is 123 Å². The van der Waals surface area contributed by atoms with Gasteiger partial charge in [-0.25, -0.2) is 38.8 Å². The first-order valence-corrected chi connectivity index (χ1v) is 24.3. The van der Waals surface area contributed by atoms with Crippen molar-refractivity contribution in [1.82, 2.24) is 24.7 Å². The molecule has 0 radical (unpaired) electrons. The van der Waals surface area contributed by atoms with E-state index >= 15 is 0 Å². The van der Waals surface area contributed by atoms with Crippen LogP contribution in [0.15, 0.2) is 9.79 Å². The van der Waals surface area contributed by atoms with Crippen LogP contribution >= 0.6 is 0 Å². The Balaban J connectivity index is 2.40. The van der Waals surface area contributed by atoms with Crippen LogP contribution in [0.5, 0.6) is 0 Å². The Morgan fingerprint density at radius 3 is 1.43 bits per heavy atom. The van der Waals surface area contributed by atoms with Crippen LogP contribution in [0.3, 0.4) is 0 Å². The largest absolute Gasteiger partial charge is 0.459 e. The Morgan fingerprint density at radius 2 is 1.04 bits per heavy atom. The van der Waals surface area contributed by atoms with E-state index in [2.05, 4.69) is 20.3 Å². The molecule has 408 valence electrons. The summed E-state index contributed by atoms with van der Waals surface area (Å²) in [5, 5.41) is 3.09. The molecule has 2 N–H and O–H groups in total. The number of hydrogen-bond donors (Lipinski definition) is 2.